The van der Waals surface area contributed by atoms with Crippen LogP contribution in [0, 0.1) is 20.8 Å². The number of rotatable bonds is 4. The van der Waals surface area contributed by atoms with Crippen LogP contribution >= 0.6 is 27.2 Å². The van der Waals surface area contributed by atoms with E-state index in [2.05, 4.69) is 57.0 Å². The minimum atomic E-state index is -0.556. The van der Waals surface area contributed by atoms with E-state index in [1.807, 2.05) is 13.0 Å². The Hall–Kier alpha value is -0.236. The summed E-state index contributed by atoms with van der Waals surface area (Å²) in [5.41, 5.74) is 4.70. The van der Waals surface area contributed by atoms with Crippen LogP contribution in [0.2, 0.25) is 0 Å². The Morgan fingerprint density at radius 3 is 2.33 bits per heavy atom. The summed E-state index contributed by atoms with van der Waals surface area (Å²) in [7, 11) is 12.4. The number of phenols is 1. The summed E-state index contributed by atoms with van der Waals surface area (Å²) in [4.78, 5) is 2.26. The Morgan fingerprint density at radius 1 is 1.12 bits per heavy atom. The number of aryl methyl sites for hydroxylation is 3. The molecule has 6 heteroatoms. The number of aromatic hydroxyl groups is 1. The summed E-state index contributed by atoms with van der Waals surface area (Å²) >= 11 is -0.556. The number of hydrogen-bond acceptors (Lipinski definition) is 2. The van der Waals surface area contributed by atoms with E-state index in [-0.39, 0.29) is 0 Å². The second-order valence-electron chi connectivity index (χ2n) is 5.66. The molecule has 1 unspecified atom stereocenters. The van der Waals surface area contributed by atoms with Crippen LogP contribution < -0.4 is 15.5 Å². The first-order valence-electron chi connectivity index (χ1n) is 7.69. The quantitative estimate of drug-likeness (QED) is 0.569. The van der Waals surface area contributed by atoms with Crippen molar-refractivity contribution in [3.8, 4) is 5.75 Å². The zero-order valence-corrected chi connectivity index (χ0v) is 18.8. The predicted molar refractivity (Wildman–Crippen MR) is 107 cm³/mol. The van der Waals surface area contributed by atoms with E-state index in [1.54, 1.807) is 0 Å². The second-order valence-corrected chi connectivity index (χ2v) is 9.53. The van der Waals surface area contributed by atoms with Crippen LogP contribution in [0.15, 0.2) is 30.3 Å². The Balaban J connectivity index is 0.000000891. The van der Waals surface area contributed by atoms with Crippen molar-refractivity contribution in [1.29, 1.82) is 0 Å². The molecule has 2 rings (SSSR count). The Bertz CT molecular complexity index is 682. The molecule has 2 aromatic rings. The summed E-state index contributed by atoms with van der Waals surface area (Å²) in [6.45, 7) is 9.32. The van der Waals surface area contributed by atoms with Gasteiger partial charge in [-0.2, -0.15) is 0 Å². The molecule has 0 saturated heterocycles. The zero-order chi connectivity index (χ0) is 18.3. The Morgan fingerprint density at radius 2 is 1.75 bits per heavy atom. The molecule has 0 bridgehead atoms. The summed E-state index contributed by atoms with van der Waals surface area (Å²) in [6, 6.07) is 10.5. The van der Waals surface area contributed by atoms with Crippen molar-refractivity contribution in [1.82, 2.24) is 0 Å². The second kappa shape index (κ2) is 10.7. The number of nitrogens with zero attached hydrogens (tertiary/aromatic N) is 1. The first kappa shape index (κ1) is 21.8. The van der Waals surface area contributed by atoms with Gasteiger partial charge in [0.15, 0.2) is 0 Å². The van der Waals surface area contributed by atoms with Crippen LogP contribution in [-0.2, 0) is 17.0 Å². The van der Waals surface area contributed by atoms with Gasteiger partial charge in [-0.3, -0.25) is 0 Å². The third-order valence-electron chi connectivity index (χ3n) is 3.84. The van der Waals surface area contributed by atoms with Crippen LogP contribution in [0.1, 0.15) is 23.6 Å². The molecule has 0 heterocycles. The van der Waals surface area contributed by atoms with Crippen molar-refractivity contribution < 1.29 is 22.1 Å². The number of halogens is 2. The fourth-order valence-electron chi connectivity index (χ4n) is 2.49. The molecular formula is C18H24Cl2NOPTi. The van der Waals surface area contributed by atoms with Crippen molar-refractivity contribution in [2.75, 3.05) is 18.5 Å². The van der Waals surface area contributed by atoms with Gasteiger partial charge in [0.25, 0.3) is 0 Å². The van der Waals surface area contributed by atoms with Gasteiger partial charge in [-0.1, -0.05) is 26.8 Å². The van der Waals surface area contributed by atoms with Crippen molar-refractivity contribution in [2.45, 2.75) is 27.7 Å². The third-order valence-corrected chi connectivity index (χ3v) is 5.39. The first-order valence-corrected chi connectivity index (χ1v) is 13.0. The van der Waals surface area contributed by atoms with Gasteiger partial charge in [-0.05, 0) is 56.5 Å². The van der Waals surface area contributed by atoms with Crippen LogP contribution in [0.25, 0.3) is 0 Å². The molecule has 1 N–H and O–H groups in total. The molecule has 2 nitrogen and oxygen atoms in total. The van der Waals surface area contributed by atoms with Gasteiger partial charge in [0.05, 0.1) is 0 Å². The molecule has 0 aliphatic heterocycles. The predicted octanol–water partition coefficient (Wildman–Crippen LogP) is 4.78. The first-order chi connectivity index (χ1) is 11.3. The van der Waals surface area contributed by atoms with E-state index in [1.165, 1.54) is 22.1 Å². The van der Waals surface area contributed by atoms with E-state index in [9.17, 15) is 5.11 Å². The number of anilines is 1. The SMILES string of the molecule is CCN(C)c1cccc(C)c1Pc1cc(C)cc(C)c1O.[Cl][Ti][Cl]. The zero-order valence-electron chi connectivity index (χ0n) is 14.7. The van der Waals surface area contributed by atoms with E-state index < -0.39 is 17.0 Å². The molecule has 2 aromatic carbocycles. The Kier molecular flexibility index (Phi) is 9.71. The van der Waals surface area contributed by atoms with Gasteiger partial charge in [0.1, 0.15) is 5.75 Å². The number of benzene rings is 2. The molecule has 0 amide bonds. The van der Waals surface area contributed by atoms with Gasteiger partial charge in [0, 0.05) is 29.9 Å². The summed E-state index contributed by atoms with van der Waals surface area (Å²) < 4.78 is 0. The van der Waals surface area contributed by atoms with Gasteiger partial charge in [-0.15, -0.1) is 0 Å². The normalized spacial score (nSPS) is 10.5. The van der Waals surface area contributed by atoms with Crippen molar-refractivity contribution in [2.24, 2.45) is 0 Å². The molecule has 0 saturated carbocycles. The Labute approximate surface area is 164 Å². The van der Waals surface area contributed by atoms with Crippen LogP contribution in [0.4, 0.5) is 5.69 Å². The summed E-state index contributed by atoms with van der Waals surface area (Å²) in [5, 5.41) is 12.7. The maximum atomic E-state index is 10.4. The molecule has 0 fully saturated rings. The maximum absolute atomic E-state index is 10.4. The minimum absolute atomic E-state index is 0.437. The van der Waals surface area contributed by atoms with Gasteiger partial charge < -0.3 is 10.0 Å². The van der Waals surface area contributed by atoms with Crippen LogP contribution in [0.5, 0.6) is 5.75 Å². The van der Waals surface area contributed by atoms with Crippen molar-refractivity contribution >= 4 is 43.5 Å². The molecule has 0 aliphatic carbocycles. The summed E-state index contributed by atoms with van der Waals surface area (Å²) in [6.07, 6.45) is 0. The van der Waals surface area contributed by atoms with Gasteiger partial charge in [-0.25, -0.2) is 0 Å². The molecule has 0 aromatic heterocycles. The van der Waals surface area contributed by atoms with E-state index in [4.69, 9.17) is 18.6 Å². The van der Waals surface area contributed by atoms with Crippen LogP contribution in [-0.4, -0.2) is 18.7 Å². The number of hydrogen-bond donors (Lipinski definition) is 1. The van der Waals surface area contributed by atoms with Crippen LogP contribution in [0.3, 0.4) is 0 Å². The monoisotopic (exact) mass is 419 g/mol. The standard InChI is InChI=1S/C18H24NOP.2ClH.Ti/c1-6-19(5)15-9-7-8-13(3)18(15)21-16-11-12(2)10-14(4)17(16)20;;;/h7-11,20-21H,6H2,1-5H3;2*1H;/q;;;+2/p-2. The molecule has 0 spiro atoms. The average Bonchev–Trinajstić information content (AvgIpc) is 2.53. The number of phenolic OH excluding ortho intramolecular Hbond substituents is 1. The topological polar surface area (TPSA) is 23.5 Å². The molecule has 0 radical (unpaired) electrons. The van der Waals surface area contributed by atoms with E-state index >= 15 is 0 Å². The fourth-order valence-corrected chi connectivity index (χ4v) is 4.06. The van der Waals surface area contributed by atoms with Gasteiger partial charge in [0.2, 0.25) is 0 Å². The van der Waals surface area contributed by atoms with E-state index in [0.717, 1.165) is 17.4 Å². The van der Waals surface area contributed by atoms with Gasteiger partial charge >= 0.3 is 35.6 Å². The molecular weight excluding hydrogens is 396 g/mol. The molecule has 0 aliphatic rings. The average molecular weight is 420 g/mol. The molecule has 24 heavy (non-hydrogen) atoms. The molecule has 130 valence electrons. The fraction of sp³-hybridized carbons (Fsp3) is 0.333. The van der Waals surface area contributed by atoms with Crippen molar-refractivity contribution in [3.05, 3.63) is 47.0 Å². The molecule has 1 atom stereocenters. The summed E-state index contributed by atoms with van der Waals surface area (Å²) in [5.74, 6) is 0.437. The van der Waals surface area contributed by atoms with E-state index in [0.29, 0.717) is 14.3 Å². The third kappa shape index (κ3) is 5.93. The van der Waals surface area contributed by atoms with Crippen molar-refractivity contribution in [3.63, 3.8) is 0 Å².